The van der Waals surface area contributed by atoms with E-state index in [2.05, 4.69) is 28.1 Å². The van der Waals surface area contributed by atoms with Crippen LogP contribution in [-0.4, -0.2) is 29.8 Å². The fraction of sp³-hybridized carbons (Fsp3) is 0.308. The summed E-state index contributed by atoms with van der Waals surface area (Å²) in [5.74, 6) is 1.46. The molecule has 1 amide bonds. The molecule has 3 aromatic rings. The zero-order chi connectivity index (χ0) is 23.8. The fourth-order valence-electron chi connectivity index (χ4n) is 4.82. The third-order valence-corrected chi connectivity index (χ3v) is 7.77. The molecule has 4 N–H and O–H groups in total. The van der Waals surface area contributed by atoms with Crippen LogP contribution in [0, 0.1) is 0 Å². The molecular weight excluding hydrogens is 448 g/mol. The molecule has 2 heterocycles. The fourth-order valence-corrected chi connectivity index (χ4v) is 5.59. The average Bonchev–Trinajstić information content (AvgIpc) is 3.26. The van der Waals surface area contributed by atoms with E-state index in [0.29, 0.717) is 12.4 Å². The second-order valence-corrected chi connectivity index (χ2v) is 9.64. The van der Waals surface area contributed by atoms with Crippen molar-refractivity contribution >= 4 is 29.6 Å². The van der Waals surface area contributed by atoms with Crippen LogP contribution in [0.2, 0.25) is 0 Å². The Balaban J connectivity index is 1.52. The third-order valence-electron chi connectivity index (χ3n) is 6.72. The van der Waals surface area contributed by atoms with Gasteiger partial charge in [0, 0.05) is 17.7 Å². The van der Waals surface area contributed by atoms with E-state index in [-0.39, 0.29) is 0 Å². The van der Waals surface area contributed by atoms with Crippen LogP contribution in [0.15, 0.2) is 70.3 Å². The van der Waals surface area contributed by atoms with Gasteiger partial charge in [-0.25, -0.2) is 4.79 Å². The lowest BCUT2D eigenvalue weighted by atomic mass is 9.72. The molecule has 0 bridgehead atoms. The number of anilines is 1. The Morgan fingerprint density at radius 3 is 2.41 bits per heavy atom. The Morgan fingerprint density at radius 2 is 1.82 bits per heavy atom. The van der Waals surface area contributed by atoms with E-state index >= 15 is 0 Å². The summed E-state index contributed by atoms with van der Waals surface area (Å²) in [6, 6.07) is 18.3. The highest BCUT2D eigenvalue weighted by Crippen LogP contribution is 2.45. The summed E-state index contributed by atoms with van der Waals surface area (Å²) >= 11 is 1.62. The molecule has 1 atom stereocenters. The van der Waals surface area contributed by atoms with Gasteiger partial charge in [-0.3, -0.25) is 4.99 Å². The van der Waals surface area contributed by atoms with Gasteiger partial charge in [0.05, 0.1) is 11.1 Å². The van der Waals surface area contributed by atoms with Crippen molar-refractivity contribution in [2.75, 3.05) is 18.1 Å². The Kier molecular flexibility index (Phi) is 5.77. The molecule has 5 rings (SSSR count). The molecule has 34 heavy (non-hydrogen) atoms. The van der Waals surface area contributed by atoms with Gasteiger partial charge in [0.15, 0.2) is 4.99 Å². The first-order valence-corrected chi connectivity index (χ1v) is 12.7. The van der Waals surface area contributed by atoms with Crippen molar-refractivity contribution < 1.29 is 14.3 Å². The second kappa shape index (κ2) is 8.76. The number of aliphatic imine (C=N–C) groups is 1. The van der Waals surface area contributed by atoms with Gasteiger partial charge in [-0.1, -0.05) is 54.6 Å². The van der Waals surface area contributed by atoms with Gasteiger partial charge in [0.25, 0.3) is 0 Å². The molecule has 0 radical (unpaired) electrons. The first-order valence-electron chi connectivity index (χ1n) is 11.5. The lowest BCUT2D eigenvalue weighted by Gasteiger charge is -2.43. The number of hydrogen-bond donors (Lipinski definition) is 4. The van der Waals surface area contributed by atoms with Gasteiger partial charge >= 0.3 is 6.09 Å². The van der Waals surface area contributed by atoms with Gasteiger partial charge in [0.1, 0.15) is 12.1 Å². The summed E-state index contributed by atoms with van der Waals surface area (Å²) in [7, 11) is 0. The molecule has 2 aliphatic rings. The van der Waals surface area contributed by atoms with E-state index < -0.39 is 16.6 Å². The van der Waals surface area contributed by atoms with Gasteiger partial charge < -0.3 is 25.5 Å². The molecule has 1 aliphatic heterocycles. The van der Waals surface area contributed by atoms with Crippen LogP contribution in [0.5, 0.6) is 0 Å². The molecule has 1 fully saturated rings. The van der Waals surface area contributed by atoms with Crippen molar-refractivity contribution in [2.45, 2.75) is 36.7 Å². The number of carboxylic acid groups (broad SMARTS) is 1. The molecule has 7 nitrogen and oxygen atoms in total. The van der Waals surface area contributed by atoms with Gasteiger partial charge in [-0.15, -0.1) is 11.8 Å². The summed E-state index contributed by atoms with van der Waals surface area (Å²) in [6.07, 6.45) is 5.46. The Labute approximate surface area is 203 Å². The number of carbonyl (C=O) groups is 1. The minimum atomic E-state index is -0.986. The van der Waals surface area contributed by atoms with E-state index in [0.717, 1.165) is 52.9 Å². The SMILES string of the molecule is CCN=C1NC(SC)(c2ccc(C3(NC(=O)O)CCC3)cc2)Nc2occ(-c3ccccc3)c21. The Hall–Kier alpha value is -3.39. The molecule has 8 heteroatoms. The van der Waals surface area contributed by atoms with E-state index in [9.17, 15) is 9.90 Å². The molecule has 2 aromatic carbocycles. The predicted molar refractivity (Wildman–Crippen MR) is 136 cm³/mol. The van der Waals surface area contributed by atoms with Gasteiger partial charge in [-0.2, -0.15) is 0 Å². The molecule has 1 saturated carbocycles. The van der Waals surface area contributed by atoms with Crippen LogP contribution in [-0.2, 0) is 10.5 Å². The number of fused-ring (bicyclic) bond motifs is 1. The number of rotatable bonds is 6. The van der Waals surface area contributed by atoms with Crippen molar-refractivity contribution in [1.82, 2.24) is 10.6 Å². The van der Waals surface area contributed by atoms with Gasteiger partial charge in [0.2, 0.25) is 5.88 Å². The number of benzene rings is 2. The zero-order valence-corrected chi connectivity index (χ0v) is 20.0. The highest BCUT2D eigenvalue weighted by molar-refractivity contribution is 7.99. The molecule has 1 aromatic heterocycles. The quantitative estimate of drug-likeness (QED) is 0.372. The van der Waals surface area contributed by atoms with Crippen molar-refractivity contribution in [3.8, 4) is 11.1 Å². The molecule has 176 valence electrons. The summed E-state index contributed by atoms with van der Waals surface area (Å²) in [5, 5.41) is 19.2. The highest BCUT2D eigenvalue weighted by Gasteiger charge is 2.43. The molecule has 1 aliphatic carbocycles. The number of hydrogen-bond acceptors (Lipinski definition) is 5. The van der Waals surface area contributed by atoms with E-state index in [1.807, 2.05) is 55.6 Å². The van der Waals surface area contributed by atoms with Crippen LogP contribution in [0.1, 0.15) is 42.9 Å². The number of amidine groups is 1. The summed E-state index contributed by atoms with van der Waals surface area (Å²) in [6.45, 7) is 2.65. The number of nitrogens with zero attached hydrogens (tertiary/aromatic N) is 1. The van der Waals surface area contributed by atoms with Crippen molar-refractivity contribution in [3.63, 3.8) is 0 Å². The van der Waals surface area contributed by atoms with Crippen molar-refractivity contribution in [2.24, 2.45) is 4.99 Å². The Morgan fingerprint density at radius 1 is 1.12 bits per heavy atom. The molecule has 0 saturated heterocycles. The smallest absolute Gasteiger partial charge is 0.405 e. The second-order valence-electron chi connectivity index (χ2n) is 8.62. The van der Waals surface area contributed by atoms with Crippen LogP contribution >= 0.6 is 11.8 Å². The predicted octanol–water partition coefficient (Wildman–Crippen LogP) is 5.55. The lowest BCUT2D eigenvalue weighted by molar-refractivity contribution is 0.144. The summed E-state index contributed by atoms with van der Waals surface area (Å²) < 4.78 is 6.02. The normalized spacial score (nSPS) is 21.6. The first-order chi connectivity index (χ1) is 16.5. The lowest BCUT2D eigenvalue weighted by Crippen LogP contribution is -2.53. The van der Waals surface area contributed by atoms with E-state index in [1.165, 1.54) is 0 Å². The summed E-state index contributed by atoms with van der Waals surface area (Å²) in [4.78, 5) is 15.5. The van der Waals surface area contributed by atoms with Crippen LogP contribution in [0.3, 0.4) is 0 Å². The number of amides is 1. The third kappa shape index (κ3) is 3.72. The van der Waals surface area contributed by atoms with E-state index in [1.54, 1.807) is 18.0 Å². The number of nitrogens with one attached hydrogen (secondary N) is 3. The minimum Gasteiger partial charge on any atom is -0.465 e. The monoisotopic (exact) mass is 476 g/mol. The first kappa shape index (κ1) is 22.4. The molecular formula is C26H28N4O3S. The van der Waals surface area contributed by atoms with Crippen LogP contribution < -0.4 is 16.0 Å². The van der Waals surface area contributed by atoms with Gasteiger partial charge in [-0.05, 0) is 43.6 Å². The largest absolute Gasteiger partial charge is 0.465 e. The maximum atomic E-state index is 11.4. The van der Waals surface area contributed by atoms with Crippen molar-refractivity contribution in [3.05, 3.63) is 77.6 Å². The average molecular weight is 477 g/mol. The van der Waals surface area contributed by atoms with Crippen molar-refractivity contribution in [1.29, 1.82) is 0 Å². The summed E-state index contributed by atoms with van der Waals surface area (Å²) in [5.41, 5.74) is 4.48. The topological polar surface area (TPSA) is 98.9 Å². The molecule has 1 unspecified atom stereocenters. The maximum absolute atomic E-state index is 11.4. The maximum Gasteiger partial charge on any atom is 0.405 e. The number of thioether (sulfide) groups is 1. The van der Waals surface area contributed by atoms with E-state index in [4.69, 9.17) is 9.41 Å². The number of furan rings is 1. The zero-order valence-electron chi connectivity index (χ0n) is 19.2. The molecule has 0 spiro atoms. The van der Waals surface area contributed by atoms with Crippen LogP contribution in [0.25, 0.3) is 11.1 Å². The minimum absolute atomic E-state index is 0.488. The van der Waals surface area contributed by atoms with Crippen LogP contribution in [0.4, 0.5) is 10.7 Å². The standard InChI is InChI=1S/C26H28N4O3S/c1-3-27-22-21-20(17-8-5-4-6-9-17)16-33-23(21)29-26(28-22,34-2)19-12-10-18(11-13-19)25(14-7-15-25)30-24(31)32/h4-6,8-13,16,29-30H,3,7,14-15H2,1-2H3,(H,27,28)(H,31,32). The Bertz CT molecular complexity index is 1220. The highest BCUT2D eigenvalue weighted by atomic mass is 32.2.